The van der Waals surface area contributed by atoms with Crippen LogP contribution in [0.15, 0.2) is 6.33 Å². The molecule has 4 nitrogen and oxygen atoms in total. The van der Waals surface area contributed by atoms with Crippen molar-refractivity contribution in [1.29, 1.82) is 0 Å². The number of nitrogens with one attached hydrogen (secondary N) is 1. The van der Waals surface area contributed by atoms with Crippen molar-refractivity contribution in [2.75, 3.05) is 6.54 Å². The third-order valence-electron chi connectivity index (χ3n) is 5.77. The number of rotatable bonds is 4. The zero-order valence-corrected chi connectivity index (χ0v) is 12.6. The fraction of sp³-hybridized carbons (Fsp3) is 0.867. The predicted octanol–water partition coefficient (Wildman–Crippen LogP) is 2.16. The molecule has 3 unspecified atom stereocenters. The fourth-order valence-electron chi connectivity index (χ4n) is 4.67. The SMILES string of the molecule is Cn1cnnc1CCNC1C2(C)CCC(C2)C1(C)C. The van der Waals surface area contributed by atoms with Gasteiger partial charge >= 0.3 is 0 Å². The Hall–Kier alpha value is -0.900. The second-order valence-corrected chi connectivity index (χ2v) is 7.41. The Morgan fingerprint density at radius 3 is 2.79 bits per heavy atom. The van der Waals surface area contributed by atoms with Crippen molar-refractivity contribution in [3.63, 3.8) is 0 Å². The largest absolute Gasteiger partial charge is 0.321 e. The molecule has 0 amide bonds. The Bertz CT molecular complexity index is 460. The first-order chi connectivity index (χ1) is 8.93. The van der Waals surface area contributed by atoms with Crippen molar-refractivity contribution in [2.24, 2.45) is 23.8 Å². The summed E-state index contributed by atoms with van der Waals surface area (Å²) in [4.78, 5) is 0. The average Bonchev–Trinajstić information content (AvgIpc) is 2.95. The van der Waals surface area contributed by atoms with Gasteiger partial charge in [-0.25, -0.2) is 0 Å². The maximum absolute atomic E-state index is 4.15. The van der Waals surface area contributed by atoms with Crippen LogP contribution < -0.4 is 5.32 Å². The van der Waals surface area contributed by atoms with Gasteiger partial charge in [0, 0.05) is 26.1 Å². The molecule has 1 N–H and O–H groups in total. The average molecular weight is 262 g/mol. The molecule has 0 aromatic carbocycles. The standard InChI is InChI=1S/C15H26N4/c1-14(2)11-5-7-15(3,9-11)13(14)16-8-6-12-18-17-10-19(12)4/h10-11,13,16H,5-9H2,1-4H3. The fourth-order valence-corrected chi connectivity index (χ4v) is 4.67. The van der Waals surface area contributed by atoms with Crippen LogP contribution in [-0.2, 0) is 13.5 Å². The third kappa shape index (κ3) is 2.00. The Morgan fingerprint density at radius 1 is 1.42 bits per heavy atom. The highest BCUT2D eigenvalue weighted by molar-refractivity contribution is 5.12. The maximum atomic E-state index is 4.15. The van der Waals surface area contributed by atoms with Crippen LogP contribution in [0, 0.1) is 16.7 Å². The number of aryl methyl sites for hydroxylation is 1. The van der Waals surface area contributed by atoms with Gasteiger partial charge < -0.3 is 9.88 Å². The minimum absolute atomic E-state index is 0.437. The molecule has 1 aromatic heterocycles. The number of hydrogen-bond acceptors (Lipinski definition) is 3. The van der Waals surface area contributed by atoms with E-state index >= 15 is 0 Å². The summed E-state index contributed by atoms with van der Waals surface area (Å²) < 4.78 is 2.01. The summed E-state index contributed by atoms with van der Waals surface area (Å²) in [5.41, 5.74) is 0.945. The summed E-state index contributed by atoms with van der Waals surface area (Å²) in [6.45, 7) is 8.37. The summed E-state index contributed by atoms with van der Waals surface area (Å²) >= 11 is 0. The quantitative estimate of drug-likeness (QED) is 0.904. The van der Waals surface area contributed by atoms with Crippen molar-refractivity contribution < 1.29 is 0 Å². The van der Waals surface area contributed by atoms with Crippen LogP contribution in [0.1, 0.15) is 45.9 Å². The van der Waals surface area contributed by atoms with Gasteiger partial charge in [0.1, 0.15) is 12.2 Å². The van der Waals surface area contributed by atoms with Crippen molar-refractivity contribution in [3.8, 4) is 0 Å². The second-order valence-electron chi connectivity index (χ2n) is 7.41. The van der Waals surface area contributed by atoms with E-state index in [9.17, 15) is 0 Å². The smallest absolute Gasteiger partial charge is 0.133 e. The Labute approximate surface area is 116 Å². The topological polar surface area (TPSA) is 42.7 Å². The molecular formula is C15H26N4. The van der Waals surface area contributed by atoms with E-state index in [0.29, 0.717) is 16.9 Å². The highest BCUT2D eigenvalue weighted by atomic mass is 15.2. The minimum Gasteiger partial charge on any atom is -0.321 e. The van der Waals surface area contributed by atoms with Gasteiger partial charge in [0.2, 0.25) is 0 Å². The Kier molecular flexibility index (Phi) is 2.97. The molecular weight excluding hydrogens is 236 g/mol. The number of hydrogen-bond donors (Lipinski definition) is 1. The van der Waals surface area contributed by atoms with Gasteiger partial charge in [-0.3, -0.25) is 0 Å². The molecule has 2 fully saturated rings. The Balaban J connectivity index is 1.62. The van der Waals surface area contributed by atoms with Crippen molar-refractivity contribution >= 4 is 0 Å². The lowest BCUT2D eigenvalue weighted by atomic mass is 9.68. The molecule has 19 heavy (non-hydrogen) atoms. The molecule has 1 aromatic rings. The summed E-state index contributed by atoms with van der Waals surface area (Å²) in [6.07, 6.45) is 6.96. The van der Waals surface area contributed by atoms with Gasteiger partial charge in [-0.15, -0.1) is 10.2 Å². The highest BCUT2D eigenvalue weighted by Gasteiger charge is 2.58. The molecule has 3 atom stereocenters. The van der Waals surface area contributed by atoms with E-state index < -0.39 is 0 Å². The first kappa shape index (κ1) is 13.1. The first-order valence-corrected chi connectivity index (χ1v) is 7.50. The molecule has 3 rings (SSSR count). The molecule has 1 heterocycles. The van der Waals surface area contributed by atoms with E-state index in [1.165, 1.54) is 19.3 Å². The maximum Gasteiger partial charge on any atom is 0.133 e. The lowest BCUT2D eigenvalue weighted by Gasteiger charge is -2.43. The third-order valence-corrected chi connectivity index (χ3v) is 5.77. The summed E-state index contributed by atoms with van der Waals surface area (Å²) in [5.74, 6) is 1.98. The van der Waals surface area contributed by atoms with Crippen molar-refractivity contribution in [2.45, 2.75) is 52.5 Å². The van der Waals surface area contributed by atoms with E-state index in [0.717, 1.165) is 24.7 Å². The van der Waals surface area contributed by atoms with E-state index in [1.54, 1.807) is 6.33 Å². The monoisotopic (exact) mass is 262 g/mol. The van der Waals surface area contributed by atoms with Gasteiger partial charge in [-0.05, 0) is 36.0 Å². The summed E-state index contributed by atoms with van der Waals surface area (Å²) in [6, 6.07) is 0.645. The Morgan fingerprint density at radius 2 is 2.21 bits per heavy atom. The molecule has 106 valence electrons. The second kappa shape index (κ2) is 4.30. The number of nitrogens with zero attached hydrogens (tertiary/aromatic N) is 3. The normalized spacial score (nSPS) is 36.0. The van der Waals surface area contributed by atoms with Gasteiger partial charge in [-0.1, -0.05) is 20.8 Å². The van der Waals surface area contributed by atoms with Crippen LogP contribution in [0.3, 0.4) is 0 Å². The van der Waals surface area contributed by atoms with Crippen LogP contribution in [-0.4, -0.2) is 27.4 Å². The zero-order chi connectivity index (χ0) is 13.7. The van der Waals surface area contributed by atoms with Crippen molar-refractivity contribution in [1.82, 2.24) is 20.1 Å². The molecule has 0 aliphatic heterocycles. The molecule has 2 saturated carbocycles. The van der Waals surface area contributed by atoms with Crippen LogP contribution in [0.25, 0.3) is 0 Å². The van der Waals surface area contributed by atoms with Crippen LogP contribution in [0.5, 0.6) is 0 Å². The molecule has 0 radical (unpaired) electrons. The van der Waals surface area contributed by atoms with E-state index in [4.69, 9.17) is 0 Å². The molecule has 0 spiro atoms. The van der Waals surface area contributed by atoms with Crippen molar-refractivity contribution in [3.05, 3.63) is 12.2 Å². The van der Waals surface area contributed by atoms with E-state index in [1.807, 2.05) is 11.6 Å². The lowest BCUT2D eigenvalue weighted by Crippen LogP contribution is -2.50. The molecule has 0 saturated heterocycles. The first-order valence-electron chi connectivity index (χ1n) is 7.50. The van der Waals surface area contributed by atoms with Crippen LogP contribution in [0.4, 0.5) is 0 Å². The van der Waals surface area contributed by atoms with Crippen LogP contribution >= 0.6 is 0 Å². The lowest BCUT2D eigenvalue weighted by molar-refractivity contribution is 0.110. The van der Waals surface area contributed by atoms with Gasteiger partial charge in [-0.2, -0.15) is 0 Å². The predicted molar refractivity (Wildman–Crippen MR) is 75.7 cm³/mol. The zero-order valence-electron chi connectivity index (χ0n) is 12.6. The van der Waals surface area contributed by atoms with E-state index in [-0.39, 0.29) is 0 Å². The molecule has 2 aliphatic carbocycles. The molecule has 2 bridgehead atoms. The summed E-state index contributed by atoms with van der Waals surface area (Å²) in [7, 11) is 2.01. The highest BCUT2D eigenvalue weighted by Crippen LogP contribution is 2.62. The number of aromatic nitrogens is 3. The van der Waals surface area contributed by atoms with Crippen LogP contribution in [0.2, 0.25) is 0 Å². The van der Waals surface area contributed by atoms with E-state index in [2.05, 4.69) is 36.3 Å². The minimum atomic E-state index is 0.437. The molecule has 2 aliphatic rings. The van der Waals surface area contributed by atoms with Gasteiger partial charge in [0.25, 0.3) is 0 Å². The number of fused-ring (bicyclic) bond motifs is 2. The summed E-state index contributed by atoms with van der Waals surface area (Å²) in [5, 5.41) is 11.9. The van der Waals surface area contributed by atoms with Gasteiger partial charge in [0.05, 0.1) is 0 Å². The van der Waals surface area contributed by atoms with Gasteiger partial charge in [0.15, 0.2) is 0 Å². The molecule has 4 heteroatoms.